The van der Waals surface area contributed by atoms with E-state index in [4.69, 9.17) is 11.6 Å². The molecule has 2 aromatic rings. The third kappa shape index (κ3) is 1.93. The summed E-state index contributed by atoms with van der Waals surface area (Å²) in [5.41, 5.74) is 1.56. The van der Waals surface area contributed by atoms with Gasteiger partial charge < -0.3 is 0 Å². The van der Waals surface area contributed by atoms with Crippen molar-refractivity contribution in [2.75, 3.05) is 0 Å². The molecule has 1 fully saturated rings. The van der Waals surface area contributed by atoms with Crippen LogP contribution in [0.4, 0.5) is 8.78 Å². The first-order chi connectivity index (χ1) is 8.06. The van der Waals surface area contributed by atoms with Crippen molar-refractivity contribution < 1.29 is 8.78 Å². The average molecular weight is 255 g/mol. The van der Waals surface area contributed by atoms with E-state index in [1.807, 2.05) is 12.1 Å². The number of nitrogens with zero attached hydrogens (tertiary/aromatic N) is 2. The molecule has 0 N–H and O–H groups in total. The Morgan fingerprint density at radius 2 is 1.88 bits per heavy atom. The zero-order valence-electron chi connectivity index (χ0n) is 8.78. The highest BCUT2D eigenvalue weighted by atomic mass is 35.5. The second-order valence-corrected chi connectivity index (χ2v) is 4.61. The van der Waals surface area contributed by atoms with Crippen LogP contribution in [-0.2, 0) is 0 Å². The molecule has 0 amide bonds. The summed E-state index contributed by atoms with van der Waals surface area (Å²) in [7, 11) is 0. The minimum Gasteiger partial charge on any atom is -0.263 e. The van der Waals surface area contributed by atoms with Crippen molar-refractivity contribution in [3.63, 3.8) is 0 Å². The van der Waals surface area contributed by atoms with Gasteiger partial charge in [0.25, 0.3) is 5.92 Å². The van der Waals surface area contributed by atoms with Gasteiger partial charge in [-0.05, 0) is 18.2 Å². The van der Waals surface area contributed by atoms with Crippen LogP contribution in [0.1, 0.15) is 12.5 Å². The van der Waals surface area contributed by atoms with Gasteiger partial charge in [0, 0.05) is 23.2 Å². The molecule has 88 valence electrons. The monoisotopic (exact) mass is 254 g/mol. The van der Waals surface area contributed by atoms with Crippen molar-refractivity contribution in [3.8, 4) is 11.3 Å². The van der Waals surface area contributed by atoms with Crippen LogP contribution < -0.4 is 0 Å². The number of aromatic nitrogens is 2. The smallest absolute Gasteiger partial charge is 0.263 e. The molecule has 0 aliphatic heterocycles. The lowest BCUT2D eigenvalue weighted by Gasteiger charge is -1.99. The number of alkyl halides is 2. The molecule has 0 bridgehead atoms. The minimum atomic E-state index is -2.59. The normalized spacial score (nSPS) is 21.5. The van der Waals surface area contributed by atoms with Gasteiger partial charge in [0.15, 0.2) is 0 Å². The van der Waals surface area contributed by atoms with Crippen LogP contribution in [0, 0.1) is 0 Å². The lowest BCUT2D eigenvalue weighted by Crippen LogP contribution is -2.02. The average Bonchev–Trinajstić information content (AvgIpc) is 2.76. The Morgan fingerprint density at radius 3 is 2.47 bits per heavy atom. The van der Waals surface area contributed by atoms with Crippen LogP contribution >= 0.6 is 11.6 Å². The van der Waals surface area contributed by atoms with Gasteiger partial charge >= 0.3 is 0 Å². The zero-order valence-corrected chi connectivity index (χ0v) is 9.53. The van der Waals surface area contributed by atoms with E-state index in [1.165, 1.54) is 4.68 Å². The van der Waals surface area contributed by atoms with Gasteiger partial charge in [-0.1, -0.05) is 23.7 Å². The quantitative estimate of drug-likeness (QED) is 0.797. The first-order valence-corrected chi connectivity index (χ1v) is 5.63. The molecule has 0 spiro atoms. The van der Waals surface area contributed by atoms with E-state index < -0.39 is 12.0 Å². The Bertz CT molecular complexity index is 548. The highest BCUT2D eigenvalue weighted by Crippen LogP contribution is 2.52. The topological polar surface area (TPSA) is 17.8 Å². The van der Waals surface area contributed by atoms with Gasteiger partial charge in [-0.25, -0.2) is 8.78 Å². The molecule has 5 heteroatoms. The minimum absolute atomic E-state index is 0.116. The van der Waals surface area contributed by atoms with E-state index >= 15 is 0 Å². The van der Waals surface area contributed by atoms with E-state index in [0.717, 1.165) is 5.56 Å². The highest BCUT2D eigenvalue weighted by Gasteiger charge is 2.59. The summed E-state index contributed by atoms with van der Waals surface area (Å²) < 4.78 is 27.1. The van der Waals surface area contributed by atoms with Gasteiger partial charge in [-0.2, -0.15) is 5.10 Å². The van der Waals surface area contributed by atoms with Crippen molar-refractivity contribution in [3.05, 3.63) is 41.6 Å². The van der Waals surface area contributed by atoms with Crippen LogP contribution in [0.2, 0.25) is 5.02 Å². The van der Waals surface area contributed by atoms with E-state index in [0.29, 0.717) is 10.7 Å². The summed E-state index contributed by atoms with van der Waals surface area (Å²) in [6.45, 7) is 0. The number of benzene rings is 1. The van der Waals surface area contributed by atoms with E-state index in [1.54, 1.807) is 24.4 Å². The van der Waals surface area contributed by atoms with E-state index in [2.05, 4.69) is 5.10 Å². The van der Waals surface area contributed by atoms with Crippen molar-refractivity contribution in [2.45, 2.75) is 18.4 Å². The van der Waals surface area contributed by atoms with Gasteiger partial charge in [0.1, 0.15) is 6.04 Å². The van der Waals surface area contributed by atoms with Crippen molar-refractivity contribution >= 4 is 11.6 Å². The molecule has 1 atom stereocenters. The number of hydrogen-bond donors (Lipinski definition) is 0. The van der Waals surface area contributed by atoms with Gasteiger partial charge in [-0.15, -0.1) is 0 Å². The fourth-order valence-corrected chi connectivity index (χ4v) is 1.90. The lowest BCUT2D eigenvalue weighted by atomic mass is 10.2. The second-order valence-electron chi connectivity index (χ2n) is 4.17. The number of rotatable bonds is 2. The molecular formula is C12H9ClF2N2. The van der Waals surface area contributed by atoms with Crippen LogP contribution in [0.5, 0.6) is 0 Å². The second kappa shape index (κ2) is 3.53. The van der Waals surface area contributed by atoms with Crippen LogP contribution in [-0.4, -0.2) is 15.7 Å². The molecule has 1 aromatic carbocycles. The zero-order chi connectivity index (χ0) is 12.0. The molecule has 1 saturated carbocycles. The van der Waals surface area contributed by atoms with Crippen molar-refractivity contribution in [1.29, 1.82) is 0 Å². The molecule has 1 aliphatic carbocycles. The summed E-state index contributed by atoms with van der Waals surface area (Å²) in [4.78, 5) is 0. The Balaban J connectivity index is 1.88. The fourth-order valence-electron chi connectivity index (χ4n) is 1.77. The molecule has 1 heterocycles. The summed E-state index contributed by atoms with van der Waals surface area (Å²) in [5, 5.41) is 4.80. The Kier molecular flexibility index (Phi) is 2.23. The molecule has 1 unspecified atom stereocenters. The standard InChI is InChI=1S/C12H9ClF2N2/c13-9-3-1-8(2-4-9)10-5-6-17(16-10)11-7-12(11,14)15/h1-6,11H,7H2. The number of hydrogen-bond acceptors (Lipinski definition) is 1. The van der Waals surface area contributed by atoms with Crippen molar-refractivity contribution in [2.24, 2.45) is 0 Å². The molecule has 1 aliphatic rings. The van der Waals surface area contributed by atoms with Crippen LogP contribution in [0.3, 0.4) is 0 Å². The molecule has 1 aromatic heterocycles. The maximum Gasteiger partial charge on any atom is 0.272 e. The third-order valence-electron chi connectivity index (χ3n) is 2.86. The van der Waals surface area contributed by atoms with Gasteiger partial charge in [0.2, 0.25) is 0 Å². The lowest BCUT2D eigenvalue weighted by molar-refractivity contribution is 0.0984. The predicted octanol–water partition coefficient (Wildman–Crippen LogP) is 3.78. The first-order valence-electron chi connectivity index (χ1n) is 5.25. The van der Waals surface area contributed by atoms with Crippen LogP contribution in [0.15, 0.2) is 36.5 Å². The summed E-state index contributed by atoms with van der Waals surface area (Å²) in [5.74, 6) is -2.59. The first kappa shape index (κ1) is 10.7. The molecule has 3 rings (SSSR count). The highest BCUT2D eigenvalue weighted by molar-refractivity contribution is 6.30. The van der Waals surface area contributed by atoms with E-state index in [9.17, 15) is 8.78 Å². The Hall–Kier alpha value is -1.42. The summed E-state index contributed by atoms with van der Waals surface area (Å²) in [6, 6.07) is 8.10. The maximum atomic E-state index is 12.9. The molecular weight excluding hydrogens is 246 g/mol. The van der Waals surface area contributed by atoms with E-state index in [-0.39, 0.29) is 6.42 Å². The SMILES string of the molecule is FC1(F)CC1n1ccc(-c2ccc(Cl)cc2)n1. The largest absolute Gasteiger partial charge is 0.272 e. The van der Waals surface area contributed by atoms with Crippen LogP contribution in [0.25, 0.3) is 11.3 Å². The van der Waals surface area contributed by atoms with Gasteiger partial charge in [0.05, 0.1) is 5.69 Å². The predicted molar refractivity (Wildman–Crippen MR) is 61.3 cm³/mol. The maximum absolute atomic E-state index is 12.9. The Labute approximate surface area is 102 Å². The molecule has 17 heavy (non-hydrogen) atoms. The third-order valence-corrected chi connectivity index (χ3v) is 3.11. The van der Waals surface area contributed by atoms with Crippen molar-refractivity contribution in [1.82, 2.24) is 9.78 Å². The Morgan fingerprint density at radius 1 is 1.24 bits per heavy atom. The molecule has 2 nitrogen and oxygen atoms in total. The molecule has 0 saturated heterocycles. The summed E-state index contributed by atoms with van der Waals surface area (Å²) in [6.07, 6.45) is 1.48. The number of halogens is 3. The van der Waals surface area contributed by atoms with Gasteiger partial charge in [-0.3, -0.25) is 4.68 Å². The molecule has 0 radical (unpaired) electrons. The summed E-state index contributed by atoms with van der Waals surface area (Å²) >= 11 is 5.78. The fraction of sp³-hybridized carbons (Fsp3) is 0.250.